The maximum Gasteiger partial charge on any atom is 0.221 e. The van der Waals surface area contributed by atoms with Crippen LogP contribution in [0.25, 0.3) is 0 Å². The molecule has 1 aromatic carbocycles. The zero-order chi connectivity index (χ0) is 22.1. The minimum atomic E-state index is -1.44. The number of carbonyl (C=O) groups is 1. The van der Waals surface area contributed by atoms with E-state index in [2.05, 4.69) is 25.0 Å². The summed E-state index contributed by atoms with van der Waals surface area (Å²) < 4.78 is 33.1. The fourth-order valence-electron chi connectivity index (χ4n) is 2.22. The van der Waals surface area contributed by atoms with E-state index < -0.39 is 8.32 Å². The van der Waals surface area contributed by atoms with E-state index in [0.29, 0.717) is 66.1 Å². The van der Waals surface area contributed by atoms with Gasteiger partial charge in [-0.2, -0.15) is 0 Å². The third kappa shape index (κ3) is 16.3. The third-order valence-electron chi connectivity index (χ3n) is 3.55. The molecule has 1 aromatic rings. The van der Waals surface area contributed by atoms with Crippen molar-refractivity contribution in [1.29, 1.82) is 0 Å². The second-order valence-corrected chi connectivity index (χ2v) is 12.0. The highest BCUT2D eigenvalue weighted by atomic mass is 28.4. The van der Waals surface area contributed by atoms with Gasteiger partial charge >= 0.3 is 0 Å². The van der Waals surface area contributed by atoms with Crippen LogP contribution in [-0.4, -0.2) is 80.3 Å². The Kier molecular flexibility index (Phi) is 14.4. The van der Waals surface area contributed by atoms with Crippen molar-refractivity contribution in [3.63, 3.8) is 0 Å². The summed E-state index contributed by atoms with van der Waals surface area (Å²) in [6.45, 7) is 13.3. The van der Waals surface area contributed by atoms with Crippen molar-refractivity contribution < 1.29 is 32.9 Å². The van der Waals surface area contributed by atoms with Crippen molar-refractivity contribution in [1.82, 2.24) is 0 Å². The first-order valence-corrected chi connectivity index (χ1v) is 13.7. The second kappa shape index (κ2) is 16.2. The molecule has 0 fully saturated rings. The number of amides is 1. The van der Waals surface area contributed by atoms with Crippen molar-refractivity contribution in [2.45, 2.75) is 26.6 Å². The van der Waals surface area contributed by atoms with Gasteiger partial charge in [-0.05, 0) is 43.9 Å². The van der Waals surface area contributed by atoms with Crippen molar-refractivity contribution in [2.75, 3.05) is 71.4 Å². The van der Waals surface area contributed by atoms with Crippen molar-refractivity contribution in [2.24, 2.45) is 0 Å². The molecule has 0 aromatic heterocycles. The zero-order valence-electron chi connectivity index (χ0n) is 18.7. The number of carbonyl (C=O) groups excluding carboxylic acids is 1. The summed E-state index contributed by atoms with van der Waals surface area (Å²) in [7, 11) is -1.44. The number of hydrogen-bond donors (Lipinski definition) is 1. The molecule has 172 valence electrons. The molecule has 0 atom stereocenters. The molecule has 0 saturated heterocycles. The average Bonchev–Trinajstić information content (AvgIpc) is 2.67. The van der Waals surface area contributed by atoms with E-state index in [-0.39, 0.29) is 5.91 Å². The lowest BCUT2D eigenvalue weighted by Crippen LogP contribution is -2.27. The van der Waals surface area contributed by atoms with Crippen LogP contribution < -0.4 is 10.1 Å². The Hall–Kier alpha value is -1.49. The van der Waals surface area contributed by atoms with Crippen LogP contribution in [0.3, 0.4) is 0 Å². The molecule has 0 unspecified atom stereocenters. The lowest BCUT2D eigenvalue weighted by Gasteiger charge is -2.16. The van der Waals surface area contributed by atoms with Crippen LogP contribution in [0, 0.1) is 0 Å². The maximum atomic E-state index is 11.0. The summed E-state index contributed by atoms with van der Waals surface area (Å²) in [5.74, 6) is 0.632. The number of ether oxygens (including phenoxy) is 5. The molecule has 0 heterocycles. The fraction of sp³-hybridized carbons (Fsp3) is 0.667. The Labute approximate surface area is 181 Å². The van der Waals surface area contributed by atoms with Crippen LogP contribution >= 0.6 is 0 Å². The SMILES string of the molecule is CC(=O)Nc1ccc(OCCOCCOCCOCCOCCO[Si](C)(C)C)cc1. The topological polar surface area (TPSA) is 84.5 Å². The molecule has 0 saturated carbocycles. The molecule has 8 nitrogen and oxygen atoms in total. The van der Waals surface area contributed by atoms with Crippen LogP contribution in [0.1, 0.15) is 6.92 Å². The molecule has 1 N–H and O–H groups in total. The number of hydrogen-bond acceptors (Lipinski definition) is 7. The first-order valence-electron chi connectivity index (χ1n) is 10.3. The van der Waals surface area contributed by atoms with E-state index in [0.717, 1.165) is 11.4 Å². The van der Waals surface area contributed by atoms with Crippen molar-refractivity contribution in [3.05, 3.63) is 24.3 Å². The van der Waals surface area contributed by atoms with Crippen LogP contribution in [-0.2, 0) is 28.2 Å². The molecule has 0 aliphatic heterocycles. The minimum absolute atomic E-state index is 0.0985. The molecule has 0 radical (unpaired) electrons. The Morgan fingerprint density at radius 3 is 1.60 bits per heavy atom. The van der Waals surface area contributed by atoms with E-state index >= 15 is 0 Å². The van der Waals surface area contributed by atoms with Gasteiger partial charge in [0.05, 0.1) is 59.5 Å². The monoisotopic (exact) mass is 443 g/mol. The standard InChI is InChI=1S/C21H37NO7Si/c1-19(23)22-20-5-7-21(8-6-20)28-17-15-26-13-11-24-9-10-25-12-14-27-16-18-29-30(2,3)4/h5-8H,9-18H2,1-4H3,(H,22,23). The second-order valence-electron chi connectivity index (χ2n) is 7.46. The van der Waals surface area contributed by atoms with Crippen LogP contribution in [0.4, 0.5) is 5.69 Å². The Morgan fingerprint density at radius 2 is 1.17 bits per heavy atom. The van der Waals surface area contributed by atoms with E-state index in [1.807, 2.05) is 0 Å². The van der Waals surface area contributed by atoms with E-state index in [1.54, 1.807) is 24.3 Å². The molecule has 30 heavy (non-hydrogen) atoms. The number of nitrogens with one attached hydrogen (secondary N) is 1. The summed E-state index contributed by atoms with van der Waals surface area (Å²) in [6.07, 6.45) is 0. The average molecular weight is 444 g/mol. The molecule has 0 aliphatic carbocycles. The Balaban J connectivity index is 1.82. The van der Waals surface area contributed by atoms with Gasteiger partial charge in [0.1, 0.15) is 12.4 Å². The summed E-state index contributed by atoms with van der Waals surface area (Å²) in [6, 6.07) is 7.20. The quantitative estimate of drug-likeness (QED) is 0.276. The molecule has 1 amide bonds. The number of benzene rings is 1. The summed E-state index contributed by atoms with van der Waals surface area (Å²) in [5.41, 5.74) is 0.742. The van der Waals surface area contributed by atoms with E-state index in [4.69, 9.17) is 28.1 Å². The summed E-state index contributed by atoms with van der Waals surface area (Å²) in [4.78, 5) is 11.0. The number of rotatable bonds is 18. The van der Waals surface area contributed by atoms with Crippen molar-refractivity contribution in [3.8, 4) is 5.75 Å². The van der Waals surface area contributed by atoms with Gasteiger partial charge in [0.25, 0.3) is 0 Å². The molecule has 9 heteroatoms. The van der Waals surface area contributed by atoms with E-state index in [1.165, 1.54) is 6.92 Å². The van der Waals surface area contributed by atoms with Gasteiger partial charge in [-0.1, -0.05) is 0 Å². The fourth-order valence-corrected chi connectivity index (χ4v) is 2.92. The molecule has 0 bridgehead atoms. The molecular formula is C21H37NO7Si. The maximum absolute atomic E-state index is 11.0. The highest BCUT2D eigenvalue weighted by Gasteiger charge is 2.12. The van der Waals surface area contributed by atoms with E-state index in [9.17, 15) is 4.79 Å². The lowest BCUT2D eigenvalue weighted by molar-refractivity contribution is -0.114. The van der Waals surface area contributed by atoms with Gasteiger partial charge in [0.15, 0.2) is 8.32 Å². The summed E-state index contributed by atoms with van der Waals surface area (Å²) >= 11 is 0. The smallest absolute Gasteiger partial charge is 0.221 e. The largest absolute Gasteiger partial charge is 0.491 e. The van der Waals surface area contributed by atoms with Gasteiger partial charge in [0, 0.05) is 12.6 Å². The normalized spacial score (nSPS) is 11.5. The predicted molar refractivity (Wildman–Crippen MR) is 119 cm³/mol. The minimum Gasteiger partial charge on any atom is -0.491 e. The van der Waals surface area contributed by atoms with Gasteiger partial charge in [0.2, 0.25) is 5.91 Å². The molecule has 0 spiro atoms. The van der Waals surface area contributed by atoms with Gasteiger partial charge in [-0.15, -0.1) is 0 Å². The number of anilines is 1. The zero-order valence-corrected chi connectivity index (χ0v) is 19.7. The van der Waals surface area contributed by atoms with Crippen LogP contribution in [0.2, 0.25) is 19.6 Å². The third-order valence-corrected chi connectivity index (χ3v) is 4.62. The molecule has 1 rings (SSSR count). The van der Waals surface area contributed by atoms with Gasteiger partial charge < -0.3 is 33.4 Å². The predicted octanol–water partition coefficient (Wildman–Crippen LogP) is 2.94. The molecular weight excluding hydrogens is 406 g/mol. The molecule has 0 aliphatic rings. The summed E-state index contributed by atoms with van der Waals surface area (Å²) in [5, 5.41) is 2.71. The van der Waals surface area contributed by atoms with Gasteiger partial charge in [-0.3, -0.25) is 4.79 Å². The van der Waals surface area contributed by atoms with Crippen LogP contribution in [0.15, 0.2) is 24.3 Å². The highest BCUT2D eigenvalue weighted by Crippen LogP contribution is 2.15. The highest BCUT2D eigenvalue weighted by molar-refractivity contribution is 6.69. The Morgan fingerprint density at radius 1 is 0.733 bits per heavy atom. The van der Waals surface area contributed by atoms with Crippen LogP contribution in [0.5, 0.6) is 5.75 Å². The Bertz CT molecular complexity index is 563. The van der Waals surface area contributed by atoms with Crippen molar-refractivity contribution >= 4 is 19.9 Å². The first-order chi connectivity index (χ1) is 14.4. The lowest BCUT2D eigenvalue weighted by atomic mass is 10.3. The van der Waals surface area contributed by atoms with Gasteiger partial charge in [-0.25, -0.2) is 0 Å². The first kappa shape index (κ1) is 26.5.